The maximum Gasteiger partial charge on any atom is 0.255 e. The van der Waals surface area contributed by atoms with E-state index >= 15 is 0 Å². The zero-order valence-electron chi connectivity index (χ0n) is 13.4. The summed E-state index contributed by atoms with van der Waals surface area (Å²) in [5.41, 5.74) is 2.58. The number of ether oxygens (including phenoxy) is 1. The second-order valence-electron chi connectivity index (χ2n) is 5.58. The van der Waals surface area contributed by atoms with Crippen molar-refractivity contribution in [3.05, 3.63) is 59.7 Å². The first kappa shape index (κ1) is 16.1. The first-order valence-electron chi connectivity index (χ1n) is 7.75. The Bertz CT molecular complexity index is 618. The summed E-state index contributed by atoms with van der Waals surface area (Å²) in [6.07, 6.45) is 0.930. The molecule has 2 aromatic rings. The number of carbonyl (C=O) groups is 1. The Kier molecular flexibility index (Phi) is 5.59. The SMILES string of the molecule is CCCOc1ccccc1NC(=O)c1ccc(C(C)C)cc1. The summed E-state index contributed by atoms with van der Waals surface area (Å²) in [5, 5.41) is 2.92. The fourth-order valence-electron chi connectivity index (χ4n) is 2.12. The van der Waals surface area contributed by atoms with Crippen molar-refractivity contribution in [2.24, 2.45) is 0 Å². The van der Waals surface area contributed by atoms with Crippen LogP contribution in [0, 0.1) is 0 Å². The Morgan fingerprint density at radius 3 is 2.41 bits per heavy atom. The lowest BCUT2D eigenvalue weighted by molar-refractivity contribution is 0.102. The molecule has 0 fully saturated rings. The number of hydrogen-bond acceptors (Lipinski definition) is 2. The van der Waals surface area contributed by atoms with Gasteiger partial charge in [-0.2, -0.15) is 0 Å². The van der Waals surface area contributed by atoms with Crippen LogP contribution in [0.4, 0.5) is 5.69 Å². The van der Waals surface area contributed by atoms with Crippen molar-refractivity contribution in [2.75, 3.05) is 11.9 Å². The first-order valence-corrected chi connectivity index (χ1v) is 7.75. The van der Waals surface area contributed by atoms with E-state index in [-0.39, 0.29) is 5.91 Å². The van der Waals surface area contributed by atoms with Crippen LogP contribution in [0.2, 0.25) is 0 Å². The lowest BCUT2D eigenvalue weighted by atomic mass is 10.0. The van der Waals surface area contributed by atoms with Gasteiger partial charge < -0.3 is 10.1 Å². The van der Waals surface area contributed by atoms with Crippen LogP contribution in [-0.4, -0.2) is 12.5 Å². The molecule has 2 aromatic carbocycles. The van der Waals surface area contributed by atoms with E-state index in [1.807, 2.05) is 48.5 Å². The number of carbonyl (C=O) groups excluding carboxylic acids is 1. The zero-order valence-corrected chi connectivity index (χ0v) is 13.4. The van der Waals surface area contributed by atoms with Crippen molar-refractivity contribution in [2.45, 2.75) is 33.1 Å². The third-order valence-electron chi connectivity index (χ3n) is 3.44. The van der Waals surface area contributed by atoms with Gasteiger partial charge in [0.15, 0.2) is 0 Å². The van der Waals surface area contributed by atoms with Gasteiger partial charge in [-0.3, -0.25) is 4.79 Å². The highest BCUT2D eigenvalue weighted by Crippen LogP contribution is 2.24. The number of amides is 1. The predicted octanol–water partition coefficient (Wildman–Crippen LogP) is 4.85. The van der Waals surface area contributed by atoms with Crippen LogP contribution in [0.25, 0.3) is 0 Å². The third-order valence-corrected chi connectivity index (χ3v) is 3.44. The van der Waals surface area contributed by atoms with Crippen molar-refractivity contribution >= 4 is 11.6 Å². The van der Waals surface area contributed by atoms with Crippen LogP contribution in [0.5, 0.6) is 5.75 Å². The second kappa shape index (κ2) is 7.64. The van der Waals surface area contributed by atoms with E-state index in [2.05, 4.69) is 26.1 Å². The topological polar surface area (TPSA) is 38.3 Å². The van der Waals surface area contributed by atoms with Gasteiger partial charge in [-0.15, -0.1) is 0 Å². The van der Waals surface area contributed by atoms with E-state index in [9.17, 15) is 4.79 Å². The lowest BCUT2D eigenvalue weighted by Crippen LogP contribution is -2.13. The van der Waals surface area contributed by atoms with E-state index in [0.717, 1.165) is 6.42 Å². The van der Waals surface area contributed by atoms with Crippen LogP contribution in [0.15, 0.2) is 48.5 Å². The molecule has 0 aliphatic carbocycles. The summed E-state index contributed by atoms with van der Waals surface area (Å²) >= 11 is 0. The third kappa shape index (κ3) is 4.10. The molecule has 0 unspecified atom stereocenters. The predicted molar refractivity (Wildman–Crippen MR) is 90.7 cm³/mol. The molecule has 0 aliphatic rings. The van der Waals surface area contributed by atoms with Crippen molar-refractivity contribution < 1.29 is 9.53 Å². The molecule has 1 amide bonds. The van der Waals surface area contributed by atoms with E-state index in [0.29, 0.717) is 29.5 Å². The monoisotopic (exact) mass is 297 g/mol. The Hall–Kier alpha value is -2.29. The van der Waals surface area contributed by atoms with Gasteiger partial charge >= 0.3 is 0 Å². The van der Waals surface area contributed by atoms with Crippen LogP contribution in [0.3, 0.4) is 0 Å². The minimum absolute atomic E-state index is 0.122. The average Bonchev–Trinajstić information content (AvgIpc) is 2.54. The highest BCUT2D eigenvalue weighted by atomic mass is 16.5. The summed E-state index contributed by atoms with van der Waals surface area (Å²) in [7, 11) is 0. The highest BCUT2D eigenvalue weighted by Gasteiger charge is 2.10. The molecule has 0 spiro atoms. The molecule has 0 saturated heterocycles. The fraction of sp³-hybridized carbons (Fsp3) is 0.316. The quantitative estimate of drug-likeness (QED) is 0.827. The highest BCUT2D eigenvalue weighted by molar-refractivity contribution is 6.05. The van der Waals surface area contributed by atoms with Gasteiger partial charge in [-0.1, -0.05) is 45.0 Å². The van der Waals surface area contributed by atoms with E-state index in [1.54, 1.807) is 0 Å². The molecule has 0 aromatic heterocycles. The molecule has 22 heavy (non-hydrogen) atoms. The minimum Gasteiger partial charge on any atom is -0.491 e. The summed E-state index contributed by atoms with van der Waals surface area (Å²) < 4.78 is 5.66. The van der Waals surface area contributed by atoms with Crippen LogP contribution in [-0.2, 0) is 0 Å². The summed E-state index contributed by atoms with van der Waals surface area (Å²) in [6, 6.07) is 15.2. The van der Waals surface area contributed by atoms with Gasteiger partial charge in [0.05, 0.1) is 12.3 Å². The first-order chi connectivity index (χ1) is 10.6. The molecule has 116 valence electrons. The maximum absolute atomic E-state index is 12.4. The molecule has 0 bridgehead atoms. The Balaban J connectivity index is 2.11. The molecule has 0 radical (unpaired) electrons. The van der Waals surface area contributed by atoms with Gasteiger partial charge in [0.2, 0.25) is 0 Å². The Morgan fingerprint density at radius 1 is 1.09 bits per heavy atom. The van der Waals surface area contributed by atoms with Crippen LogP contribution < -0.4 is 10.1 Å². The van der Waals surface area contributed by atoms with Crippen molar-refractivity contribution in [1.29, 1.82) is 0 Å². The fourth-order valence-corrected chi connectivity index (χ4v) is 2.12. The van der Waals surface area contributed by atoms with E-state index in [1.165, 1.54) is 5.56 Å². The smallest absolute Gasteiger partial charge is 0.255 e. The van der Waals surface area contributed by atoms with Crippen LogP contribution >= 0.6 is 0 Å². The standard InChI is InChI=1S/C19H23NO2/c1-4-13-22-18-8-6-5-7-17(18)20-19(21)16-11-9-15(10-12-16)14(2)3/h5-12,14H,4,13H2,1-3H3,(H,20,21). The minimum atomic E-state index is -0.122. The molecule has 2 rings (SSSR count). The molecular formula is C19H23NO2. The summed E-state index contributed by atoms with van der Waals surface area (Å²) in [4.78, 5) is 12.4. The van der Waals surface area contributed by atoms with Gasteiger partial charge in [0, 0.05) is 5.56 Å². The summed E-state index contributed by atoms with van der Waals surface area (Å²) in [6.45, 7) is 6.96. The molecule has 3 heteroatoms. The van der Waals surface area contributed by atoms with Gasteiger partial charge in [-0.25, -0.2) is 0 Å². The Labute approximate surface area is 132 Å². The molecule has 0 saturated carbocycles. The number of hydrogen-bond donors (Lipinski definition) is 1. The normalized spacial score (nSPS) is 10.5. The molecule has 1 N–H and O–H groups in total. The number of para-hydroxylation sites is 2. The lowest BCUT2D eigenvalue weighted by Gasteiger charge is -2.12. The van der Waals surface area contributed by atoms with Crippen molar-refractivity contribution in [3.8, 4) is 5.75 Å². The van der Waals surface area contributed by atoms with Gasteiger partial charge in [-0.05, 0) is 42.2 Å². The van der Waals surface area contributed by atoms with Crippen molar-refractivity contribution in [1.82, 2.24) is 0 Å². The zero-order chi connectivity index (χ0) is 15.9. The number of anilines is 1. The number of benzene rings is 2. The second-order valence-corrected chi connectivity index (χ2v) is 5.58. The molecule has 3 nitrogen and oxygen atoms in total. The van der Waals surface area contributed by atoms with E-state index in [4.69, 9.17) is 4.74 Å². The molecule has 0 atom stereocenters. The van der Waals surface area contributed by atoms with Gasteiger partial charge in [0.1, 0.15) is 5.75 Å². The number of rotatable bonds is 6. The van der Waals surface area contributed by atoms with Crippen LogP contribution in [0.1, 0.15) is 49.0 Å². The maximum atomic E-state index is 12.4. The van der Waals surface area contributed by atoms with E-state index < -0.39 is 0 Å². The molecule has 0 heterocycles. The largest absolute Gasteiger partial charge is 0.491 e. The van der Waals surface area contributed by atoms with Crippen molar-refractivity contribution in [3.63, 3.8) is 0 Å². The summed E-state index contributed by atoms with van der Waals surface area (Å²) in [5.74, 6) is 1.04. The molecule has 0 aliphatic heterocycles. The Morgan fingerprint density at radius 2 is 1.77 bits per heavy atom. The number of nitrogens with one attached hydrogen (secondary N) is 1. The molecular weight excluding hydrogens is 274 g/mol. The van der Waals surface area contributed by atoms with Gasteiger partial charge in [0.25, 0.3) is 5.91 Å². The average molecular weight is 297 g/mol.